The Kier molecular flexibility index (Phi) is 7.12. The molecule has 1 aromatic carbocycles. The van der Waals surface area contributed by atoms with E-state index in [0.717, 1.165) is 52.6 Å². The number of benzene rings is 1. The molecule has 0 aliphatic carbocycles. The minimum atomic E-state index is -0.323. The fourth-order valence-electron chi connectivity index (χ4n) is 3.90. The molecule has 2 aromatic heterocycles. The van der Waals surface area contributed by atoms with Crippen LogP contribution < -0.4 is 15.8 Å². The number of piperidine rings is 1. The summed E-state index contributed by atoms with van der Waals surface area (Å²) in [6, 6.07) is 5.66. The van der Waals surface area contributed by atoms with Gasteiger partial charge in [0.15, 0.2) is 0 Å². The molecule has 6 nitrogen and oxygen atoms in total. The highest BCUT2D eigenvalue weighted by molar-refractivity contribution is 7.99. The van der Waals surface area contributed by atoms with E-state index < -0.39 is 0 Å². The monoisotopic (exact) mass is 490 g/mol. The quantitative estimate of drug-likeness (QED) is 0.476. The first kappa shape index (κ1) is 23.1. The van der Waals surface area contributed by atoms with E-state index in [4.69, 9.17) is 11.6 Å². The highest BCUT2D eigenvalue weighted by atomic mass is 35.5. The Balaban J connectivity index is 1.44. The first-order chi connectivity index (χ1) is 15.3. The van der Waals surface area contributed by atoms with E-state index in [1.807, 2.05) is 39.0 Å². The Morgan fingerprint density at radius 1 is 1.31 bits per heavy atom. The molecule has 32 heavy (non-hydrogen) atoms. The number of halogens is 1. The molecule has 170 valence electrons. The predicted octanol–water partition coefficient (Wildman–Crippen LogP) is 5.51. The molecular weight excluding hydrogens is 464 g/mol. The van der Waals surface area contributed by atoms with Crippen LogP contribution in [0.5, 0.6) is 0 Å². The third kappa shape index (κ3) is 4.97. The molecule has 2 N–H and O–H groups in total. The van der Waals surface area contributed by atoms with Crippen LogP contribution >= 0.6 is 34.7 Å². The number of nitrogens with one attached hydrogen (secondary N) is 2. The number of hydrogen-bond donors (Lipinski definition) is 2. The van der Waals surface area contributed by atoms with Gasteiger partial charge in [0.05, 0.1) is 27.8 Å². The van der Waals surface area contributed by atoms with Crippen molar-refractivity contribution in [2.45, 2.75) is 51.0 Å². The van der Waals surface area contributed by atoms with Crippen molar-refractivity contribution >= 4 is 62.2 Å². The highest BCUT2D eigenvalue weighted by Gasteiger charge is 2.20. The molecule has 3 aromatic rings. The minimum Gasteiger partial charge on any atom is -0.370 e. The van der Waals surface area contributed by atoms with E-state index in [0.29, 0.717) is 22.0 Å². The van der Waals surface area contributed by atoms with Gasteiger partial charge in [-0.2, -0.15) is 0 Å². The van der Waals surface area contributed by atoms with Crippen molar-refractivity contribution in [1.29, 1.82) is 0 Å². The van der Waals surface area contributed by atoms with Crippen LogP contribution in [0, 0.1) is 13.8 Å². The van der Waals surface area contributed by atoms with Gasteiger partial charge in [0.25, 0.3) is 5.56 Å². The van der Waals surface area contributed by atoms with Gasteiger partial charge in [0, 0.05) is 23.0 Å². The van der Waals surface area contributed by atoms with Crippen molar-refractivity contribution in [3.63, 3.8) is 0 Å². The van der Waals surface area contributed by atoms with E-state index >= 15 is 0 Å². The van der Waals surface area contributed by atoms with Crippen molar-refractivity contribution in [1.82, 2.24) is 9.97 Å². The van der Waals surface area contributed by atoms with Gasteiger partial charge in [-0.3, -0.25) is 9.59 Å². The average molecular weight is 491 g/mol. The van der Waals surface area contributed by atoms with E-state index in [1.165, 1.54) is 29.5 Å². The molecule has 1 saturated heterocycles. The van der Waals surface area contributed by atoms with Crippen LogP contribution in [0.25, 0.3) is 10.2 Å². The summed E-state index contributed by atoms with van der Waals surface area (Å²) in [5.74, 6) is 0.941. The summed E-state index contributed by atoms with van der Waals surface area (Å²) < 4.78 is 0. The van der Waals surface area contributed by atoms with Crippen LogP contribution in [-0.4, -0.2) is 34.2 Å². The van der Waals surface area contributed by atoms with E-state index in [2.05, 4.69) is 20.2 Å². The molecule has 1 fully saturated rings. The van der Waals surface area contributed by atoms with Crippen LogP contribution in [-0.2, 0) is 10.5 Å². The predicted molar refractivity (Wildman–Crippen MR) is 137 cm³/mol. The van der Waals surface area contributed by atoms with Crippen LogP contribution in [0.3, 0.4) is 0 Å². The van der Waals surface area contributed by atoms with Gasteiger partial charge in [0.1, 0.15) is 10.7 Å². The number of rotatable bonds is 6. The standard InChI is InChI=1S/C23H27ClN4O2S2/c1-13-14(2)32-23-20(13)22(30)26-19(27-23)12-31-15(3)21(29)25-17-11-16(24)7-8-18(17)28-9-5-4-6-10-28/h7-8,11,15H,4-6,9-10,12H2,1-3H3,(H,25,29)(H,26,27,30). The lowest BCUT2D eigenvalue weighted by molar-refractivity contribution is -0.115. The average Bonchev–Trinajstić information content (AvgIpc) is 3.06. The molecule has 1 amide bonds. The molecule has 0 spiro atoms. The molecule has 0 saturated carbocycles. The van der Waals surface area contributed by atoms with Crippen molar-refractivity contribution < 1.29 is 4.79 Å². The first-order valence-corrected chi connectivity index (χ1v) is 13.0. The number of aromatic nitrogens is 2. The third-order valence-corrected chi connectivity index (χ3v) is 8.33. The third-order valence-electron chi connectivity index (χ3n) is 5.84. The number of hydrogen-bond acceptors (Lipinski definition) is 6. The topological polar surface area (TPSA) is 78.1 Å². The Morgan fingerprint density at radius 2 is 2.06 bits per heavy atom. The zero-order valence-electron chi connectivity index (χ0n) is 18.5. The van der Waals surface area contributed by atoms with Crippen LogP contribution in [0.4, 0.5) is 11.4 Å². The second-order valence-corrected chi connectivity index (χ2v) is 11.1. The van der Waals surface area contributed by atoms with E-state index in [-0.39, 0.29) is 16.7 Å². The molecule has 1 aliphatic heterocycles. The zero-order chi connectivity index (χ0) is 22.8. The molecule has 9 heteroatoms. The Labute approximate surface area is 200 Å². The normalized spacial score (nSPS) is 15.2. The lowest BCUT2D eigenvalue weighted by atomic mass is 10.1. The van der Waals surface area contributed by atoms with Crippen molar-refractivity contribution in [3.8, 4) is 0 Å². The summed E-state index contributed by atoms with van der Waals surface area (Å²) in [6.07, 6.45) is 3.55. The lowest BCUT2D eigenvalue weighted by Crippen LogP contribution is -2.31. The number of carbonyl (C=O) groups excluding carboxylic acids is 1. The molecule has 4 rings (SSSR count). The van der Waals surface area contributed by atoms with Crippen molar-refractivity contribution in [2.75, 3.05) is 23.3 Å². The fourth-order valence-corrected chi connectivity index (χ4v) is 5.88. The summed E-state index contributed by atoms with van der Waals surface area (Å²) in [6.45, 7) is 7.77. The number of amides is 1. The minimum absolute atomic E-state index is 0.0956. The number of thiophene rings is 1. The molecule has 1 atom stereocenters. The van der Waals surface area contributed by atoms with Gasteiger partial charge in [-0.05, 0) is 63.8 Å². The van der Waals surface area contributed by atoms with Crippen LogP contribution in [0.2, 0.25) is 5.02 Å². The summed E-state index contributed by atoms with van der Waals surface area (Å²) in [4.78, 5) is 37.0. The SMILES string of the molecule is Cc1sc2nc(CSC(C)C(=O)Nc3cc(Cl)ccc3N3CCCCC3)[nH]c(=O)c2c1C. The van der Waals surface area contributed by atoms with Crippen LogP contribution in [0.15, 0.2) is 23.0 Å². The number of fused-ring (bicyclic) bond motifs is 1. The first-order valence-electron chi connectivity index (χ1n) is 10.8. The van der Waals surface area contributed by atoms with Gasteiger partial charge >= 0.3 is 0 Å². The van der Waals surface area contributed by atoms with Crippen LogP contribution in [0.1, 0.15) is 42.5 Å². The van der Waals surface area contributed by atoms with Crippen molar-refractivity contribution in [2.24, 2.45) is 0 Å². The molecule has 1 aliphatic rings. The number of H-pyrrole nitrogens is 1. The van der Waals surface area contributed by atoms with Gasteiger partial charge in [0.2, 0.25) is 5.91 Å². The van der Waals surface area contributed by atoms with Gasteiger partial charge in [-0.15, -0.1) is 23.1 Å². The van der Waals surface area contributed by atoms with Crippen molar-refractivity contribution in [3.05, 3.63) is 49.8 Å². The second kappa shape index (κ2) is 9.85. The number of aromatic amines is 1. The number of anilines is 2. The maximum absolute atomic E-state index is 12.9. The zero-order valence-corrected chi connectivity index (χ0v) is 20.8. The summed E-state index contributed by atoms with van der Waals surface area (Å²) in [5, 5.41) is 4.00. The number of nitrogens with zero attached hydrogens (tertiary/aromatic N) is 2. The molecular formula is C23H27ClN4O2S2. The molecule has 3 heterocycles. The maximum Gasteiger partial charge on any atom is 0.259 e. The maximum atomic E-state index is 12.9. The summed E-state index contributed by atoms with van der Waals surface area (Å²) in [5.41, 5.74) is 2.63. The molecule has 0 radical (unpaired) electrons. The van der Waals surface area contributed by atoms with E-state index in [1.54, 1.807) is 0 Å². The van der Waals surface area contributed by atoms with Gasteiger partial charge in [-0.1, -0.05) is 11.6 Å². The Morgan fingerprint density at radius 3 is 2.81 bits per heavy atom. The summed E-state index contributed by atoms with van der Waals surface area (Å²) >= 11 is 9.19. The molecule has 1 unspecified atom stereocenters. The number of thioether (sulfide) groups is 1. The Hall–Kier alpha value is -2.03. The highest BCUT2D eigenvalue weighted by Crippen LogP contribution is 2.32. The largest absolute Gasteiger partial charge is 0.370 e. The second-order valence-electron chi connectivity index (χ2n) is 8.13. The fraction of sp³-hybridized carbons (Fsp3) is 0.435. The number of carbonyl (C=O) groups is 1. The Bertz CT molecular complexity index is 1200. The smallest absolute Gasteiger partial charge is 0.259 e. The van der Waals surface area contributed by atoms with Gasteiger partial charge < -0.3 is 15.2 Å². The summed E-state index contributed by atoms with van der Waals surface area (Å²) in [7, 11) is 0. The molecule has 0 bridgehead atoms. The van der Waals surface area contributed by atoms with Gasteiger partial charge in [-0.25, -0.2) is 4.98 Å². The number of aryl methyl sites for hydroxylation is 2. The van der Waals surface area contributed by atoms with E-state index in [9.17, 15) is 9.59 Å². The lowest BCUT2D eigenvalue weighted by Gasteiger charge is -2.30.